The molecule has 1 fully saturated rings. The van der Waals surface area contributed by atoms with Crippen LogP contribution in [-0.4, -0.2) is 52.9 Å². The van der Waals surface area contributed by atoms with Gasteiger partial charge in [-0.05, 0) is 70.6 Å². The van der Waals surface area contributed by atoms with Gasteiger partial charge in [0.25, 0.3) is 0 Å². The highest BCUT2D eigenvalue weighted by molar-refractivity contribution is 5.95. The number of hydrogen-bond donors (Lipinski definition) is 3. The van der Waals surface area contributed by atoms with E-state index in [0.29, 0.717) is 6.54 Å². The first-order valence-electron chi connectivity index (χ1n) is 12.3. The van der Waals surface area contributed by atoms with Crippen LogP contribution < -0.4 is 16.4 Å². The molecule has 4 N–H and O–H groups in total. The Bertz CT molecular complexity index is 916. The fourth-order valence-corrected chi connectivity index (χ4v) is 4.04. The minimum Gasteiger partial charge on any atom is -0.444 e. The number of carbonyl (C=O) groups is 4. The molecule has 0 aromatic heterocycles. The predicted octanol–water partition coefficient (Wildman–Crippen LogP) is 3.02. The number of nitrogens with zero attached hydrogens (tertiary/aromatic N) is 1. The molecule has 1 aromatic rings. The Morgan fingerprint density at radius 3 is 2.23 bits per heavy atom. The van der Waals surface area contributed by atoms with E-state index in [0.717, 1.165) is 42.4 Å². The number of benzene rings is 1. The summed E-state index contributed by atoms with van der Waals surface area (Å²) in [5.41, 5.74) is 7.14. The van der Waals surface area contributed by atoms with E-state index in [2.05, 4.69) is 10.6 Å². The van der Waals surface area contributed by atoms with Crippen LogP contribution in [0.5, 0.6) is 0 Å². The largest absolute Gasteiger partial charge is 0.444 e. The minimum absolute atomic E-state index is 0.181. The minimum atomic E-state index is -1.25. The van der Waals surface area contributed by atoms with Gasteiger partial charge in [-0.25, -0.2) is 4.79 Å². The number of rotatable bonds is 11. The van der Waals surface area contributed by atoms with Crippen molar-refractivity contribution in [1.82, 2.24) is 15.5 Å². The van der Waals surface area contributed by atoms with Gasteiger partial charge in [0.15, 0.2) is 0 Å². The van der Waals surface area contributed by atoms with Crippen LogP contribution in [0.4, 0.5) is 4.79 Å². The van der Waals surface area contributed by atoms with Gasteiger partial charge < -0.3 is 26.0 Å². The Morgan fingerprint density at radius 2 is 1.74 bits per heavy atom. The number of hydrogen-bond acceptors (Lipinski definition) is 5. The molecule has 9 nitrogen and oxygen atoms in total. The van der Waals surface area contributed by atoms with Crippen molar-refractivity contribution >= 4 is 23.8 Å². The summed E-state index contributed by atoms with van der Waals surface area (Å²) < 4.78 is 5.30. The lowest BCUT2D eigenvalue weighted by Gasteiger charge is -2.35. The highest BCUT2D eigenvalue weighted by atomic mass is 16.6. The van der Waals surface area contributed by atoms with Gasteiger partial charge in [0.1, 0.15) is 17.7 Å². The van der Waals surface area contributed by atoms with Crippen molar-refractivity contribution in [2.75, 3.05) is 6.54 Å². The molecule has 0 aliphatic heterocycles. The van der Waals surface area contributed by atoms with Crippen LogP contribution >= 0.6 is 0 Å². The summed E-state index contributed by atoms with van der Waals surface area (Å²) >= 11 is 0. The standard InChI is InChI=1S/C26H40N4O5/c1-7-8-14-28-23(32)22(21-16(2)10-9-11-17(21)3)30(18-12-13-18)24(33)19(15-20(27)31)29-25(34)35-26(4,5)6/h9-11,18-19,22H,7-8,12-15H2,1-6H3,(H2,27,31)(H,28,32)(H,29,34). The molecular weight excluding hydrogens is 448 g/mol. The van der Waals surface area contributed by atoms with Crippen molar-refractivity contribution in [1.29, 1.82) is 0 Å². The summed E-state index contributed by atoms with van der Waals surface area (Å²) in [5, 5.41) is 5.48. The van der Waals surface area contributed by atoms with Crippen molar-refractivity contribution in [2.45, 2.75) is 97.4 Å². The molecule has 0 radical (unpaired) electrons. The third-order valence-electron chi connectivity index (χ3n) is 5.76. The lowest BCUT2D eigenvalue weighted by Crippen LogP contribution is -2.55. The molecule has 0 saturated heterocycles. The predicted molar refractivity (Wildman–Crippen MR) is 133 cm³/mol. The maximum absolute atomic E-state index is 13.9. The molecule has 2 unspecified atom stereocenters. The van der Waals surface area contributed by atoms with Crippen molar-refractivity contribution in [3.8, 4) is 0 Å². The smallest absolute Gasteiger partial charge is 0.408 e. The summed E-state index contributed by atoms with van der Waals surface area (Å²) in [6.07, 6.45) is 1.95. The first-order valence-corrected chi connectivity index (χ1v) is 12.3. The molecule has 194 valence electrons. The van der Waals surface area contributed by atoms with Crippen molar-refractivity contribution in [2.24, 2.45) is 5.73 Å². The molecule has 1 aliphatic carbocycles. The number of aryl methyl sites for hydroxylation is 2. The molecule has 0 heterocycles. The number of carbonyl (C=O) groups excluding carboxylic acids is 4. The number of primary amides is 1. The molecule has 35 heavy (non-hydrogen) atoms. The summed E-state index contributed by atoms with van der Waals surface area (Å²) in [6.45, 7) is 11.4. The van der Waals surface area contributed by atoms with Crippen LogP contribution in [0, 0.1) is 13.8 Å². The number of nitrogens with two attached hydrogens (primary N) is 1. The normalized spacial score (nSPS) is 15.0. The third kappa shape index (κ3) is 8.26. The fourth-order valence-electron chi connectivity index (χ4n) is 4.04. The average Bonchev–Trinajstić information content (AvgIpc) is 3.55. The van der Waals surface area contributed by atoms with Gasteiger partial charge in [-0.2, -0.15) is 0 Å². The number of nitrogens with one attached hydrogen (secondary N) is 2. The highest BCUT2D eigenvalue weighted by Crippen LogP contribution is 2.37. The van der Waals surface area contributed by atoms with Gasteiger partial charge in [-0.15, -0.1) is 0 Å². The molecular formula is C26H40N4O5. The summed E-state index contributed by atoms with van der Waals surface area (Å²) in [5.74, 6) is -1.56. The van der Waals surface area contributed by atoms with Gasteiger partial charge >= 0.3 is 6.09 Å². The molecule has 0 bridgehead atoms. The van der Waals surface area contributed by atoms with E-state index in [1.54, 1.807) is 20.8 Å². The van der Waals surface area contributed by atoms with Crippen molar-refractivity contribution in [3.63, 3.8) is 0 Å². The monoisotopic (exact) mass is 488 g/mol. The highest BCUT2D eigenvalue weighted by Gasteiger charge is 2.45. The van der Waals surface area contributed by atoms with Gasteiger partial charge in [-0.1, -0.05) is 31.5 Å². The molecule has 1 aliphatic rings. The van der Waals surface area contributed by atoms with E-state index in [1.807, 2.05) is 39.0 Å². The number of alkyl carbamates (subject to hydrolysis) is 1. The maximum atomic E-state index is 13.9. The Morgan fingerprint density at radius 1 is 1.14 bits per heavy atom. The Balaban J connectivity index is 2.48. The number of amides is 4. The van der Waals surface area contributed by atoms with Crippen LogP contribution in [0.15, 0.2) is 18.2 Å². The maximum Gasteiger partial charge on any atom is 0.408 e. The van der Waals surface area contributed by atoms with Crippen LogP contribution in [0.2, 0.25) is 0 Å². The van der Waals surface area contributed by atoms with Gasteiger partial charge in [-0.3, -0.25) is 14.4 Å². The second kappa shape index (κ2) is 12.0. The number of unbranched alkanes of at least 4 members (excludes halogenated alkanes) is 1. The zero-order valence-electron chi connectivity index (χ0n) is 21.8. The summed E-state index contributed by atoms with van der Waals surface area (Å²) in [7, 11) is 0. The van der Waals surface area contributed by atoms with Crippen LogP contribution in [0.25, 0.3) is 0 Å². The van der Waals surface area contributed by atoms with Crippen molar-refractivity contribution < 1.29 is 23.9 Å². The quantitative estimate of drug-likeness (QED) is 0.412. The molecule has 4 amide bonds. The first kappa shape index (κ1) is 28.1. The molecule has 1 saturated carbocycles. The Kier molecular flexibility index (Phi) is 9.68. The molecule has 2 atom stereocenters. The van der Waals surface area contributed by atoms with E-state index >= 15 is 0 Å². The second-order valence-corrected chi connectivity index (χ2v) is 10.2. The number of ether oxygens (including phenoxy) is 1. The molecule has 1 aromatic carbocycles. The van der Waals surface area contributed by atoms with Gasteiger partial charge in [0.2, 0.25) is 17.7 Å². The van der Waals surface area contributed by atoms with Gasteiger partial charge in [0.05, 0.1) is 6.42 Å². The summed E-state index contributed by atoms with van der Waals surface area (Å²) in [6, 6.07) is 3.39. The van der Waals surface area contributed by atoms with Crippen molar-refractivity contribution in [3.05, 3.63) is 34.9 Å². The van der Waals surface area contributed by atoms with Crippen LogP contribution in [0.1, 0.15) is 82.5 Å². The zero-order valence-corrected chi connectivity index (χ0v) is 21.8. The van der Waals surface area contributed by atoms with E-state index in [4.69, 9.17) is 10.5 Å². The third-order valence-corrected chi connectivity index (χ3v) is 5.76. The van der Waals surface area contributed by atoms with E-state index in [1.165, 1.54) is 4.90 Å². The van der Waals surface area contributed by atoms with Crippen LogP contribution in [0.3, 0.4) is 0 Å². The van der Waals surface area contributed by atoms with E-state index in [9.17, 15) is 19.2 Å². The topological polar surface area (TPSA) is 131 Å². The molecule has 2 rings (SSSR count). The van der Waals surface area contributed by atoms with Crippen LogP contribution in [-0.2, 0) is 19.1 Å². The fraction of sp³-hybridized carbons (Fsp3) is 0.615. The van der Waals surface area contributed by atoms with E-state index in [-0.39, 0.29) is 11.9 Å². The van der Waals surface area contributed by atoms with E-state index < -0.39 is 42.0 Å². The Hall–Kier alpha value is -3.10. The lowest BCUT2D eigenvalue weighted by molar-refractivity contribution is -0.144. The first-order chi connectivity index (χ1) is 16.4. The van der Waals surface area contributed by atoms with Gasteiger partial charge in [0, 0.05) is 12.6 Å². The Labute approximate surface area is 208 Å². The second-order valence-electron chi connectivity index (χ2n) is 10.2. The average molecular weight is 489 g/mol. The molecule has 9 heteroatoms. The molecule has 0 spiro atoms. The zero-order chi connectivity index (χ0) is 26.3. The SMILES string of the molecule is CCCCNC(=O)C(c1c(C)cccc1C)N(C(=O)C(CC(N)=O)NC(=O)OC(C)(C)C)C1CC1. The lowest BCUT2D eigenvalue weighted by atomic mass is 9.93. The summed E-state index contributed by atoms with van der Waals surface area (Å²) in [4.78, 5) is 53.3.